The summed E-state index contributed by atoms with van der Waals surface area (Å²) in [5.74, 6) is 0. The summed E-state index contributed by atoms with van der Waals surface area (Å²) in [5, 5.41) is 2.81. The quantitative estimate of drug-likeness (QED) is 0.623. The van der Waals surface area contributed by atoms with Crippen LogP contribution in [-0.2, 0) is 6.42 Å². The van der Waals surface area contributed by atoms with Gasteiger partial charge in [0.1, 0.15) is 0 Å². The molecule has 0 aliphatic carbocycles. The number of thiophene rings is 1. The third kappa shape index (κ3) is 3.97. The molecular formula is C7H11Cl2NS. The van der Waals surface area contributed by atoms with Crippen molar-refractivity contribution in [1.29, 1.82) is 0 Å². The van der Waals surface area contributed by atoms with Gasteiger partial charge in [-0.3, -0.25) is 0 Å². The van der Waals surface area contributed by atoms with Crippen molar-refractivity contribution in [3.8, 4) is 0 Å². The molecule has 0 aliphatic rings. The normalized spacial score (nSPS) is 12.3. The third-order valence-electron chi connectivity index (χ3n) is 1.17. The number of rotatable bonds is 2. The van der Waals surface area contributed by atoms with E-state index in [0.29, 0.717) is 6.04 Å². The lowest BCUT2D eigenvalue weighted by Crippen LogP contribution is -3.00. The van der Waals surface area contributed by atoms with E-state index in [4.69, 9.17) is 11.6 Å². The summed E-state index contributed by atoms with van der Waals surface area (Å²) in [4.78, 5) is 1.33. The second kappa shape index (κ2) is 4.99. The monoisotopic (exact) mass is 211 g/mol. The Morgan fingerprint density at radius 2 is 2.36 bits per heavy atom. The van der Waals surface area contributed by atoms with Gasteiger partial charge in [0.15, 0.2) is 0 Å². The van der Waals surface area contributed by atoms with Gasteiger partial charge >= 0.3 is 0 Å². The molecule has 0 aliphatic heterocycles. The van der Waals surface area contributed by atoms with E-state index in [1.54, 1.807) is 11.3 Å². The summed E-state index contributed by atoms with van der Waals surface area (Å²) in [5.41, 5.74) is 3.91. The predicted octanol–water partition coefficient (Wildman–Crippen LogP) is -1.42. The van der Waals surface area contributed by atoms with Gasteiger partial charge < -0.3 is 18.1 Å². The summed E-state index contributed by atoms with van der Waals surface area (Å²) in [6.07, 6.45) is 1.04. The molecule has 0 fully saturated rings. The van der Waals surface area contributed by atoms with Crippen molar-refractivity contribution in [2.24, 2.45) is 0 Å². The molecule has 1 unspecified atom stereocenters. The number of hydrogen-bond acceptors (Lipinski definition) is 1. The van der Waals surface area contributed by atoms with Crippen molar-refractivity contribution in [3.63, 3.8) is 0 Å². The van der Waals surface area contributed by atoms with Gasteiger partial charge in [0, 0.05) is 16.7 Å². The van der Waals surface area contributed by atoms with Crippen molar-refractivity contribution in [2.45, 2.75) is 19.4 Å². The van der Waals surface area contributed by atoms with Gasteiger partial charge in [-0.2, -0.15) is 0 Å². The zero-order valence-corrected chi connectivity index (χ0v) is 8.64. The Hall–Kier alpha value is 0.240. The van der Waals surface area contributed by atoms with Gasteiger partial charge in [0.2, 0.25) is 0 Å². The Morgan fingerprint density at radius 3 is 2.73 bits per heavy atom. The van der Waals surface area contributed by atoms with E-state index >= 15 is 0 Å². The van der Waals surface area contributed by atoms with Crippen LogP contribution in [0.1, 0.15) is 11.8 Å². The molecule has 0 amide bonds. The number of quaternary nitrogens is 1. The zero-order valence-electron chi connectivity index (χ0n) is 6.31. The molecule has 0 bridgehead atoms. The Morgan fingerprint density at radius 1 is 1.73 bits per heavy atom. The fraction of sp³-hybridized carbons (Fsp3) is 0.429. The summed E-state index contributed by atoms with van der Waals surface area (Å²) >= 11 is 7.44. The summed E-state index contributed by atoms with van der Waals surface area (Å²) in [6, 6.07) is 2.49. The molecule has 0 saturated heterocycles. The van der Waals surface area contributed by atoms with Gasteiger partial charge in [0.25, 0.3) is 0 Å². The Bertz CT molecular complexity index is 210. The van der Waals surface area contributed by atoms with Gasteiger partial charge in [-0.05, 0) is 13.0 Å². The van der Waals surface area contributed by atoms with Gasteiger partial charge in [0.05, 0.1) is 11.1 Å². The highest BCUT2D eigenvalue weighted by atomic mass is 35.5. The van der Waals surface area contributed by atoms with Crippen LogP contribution in [0.3, 0.4) is 0 Å². The molecule has 0 aromatic carbocycles. The fourth-order valence-electron chi connectivity index (χ4n) is 0.804. The molecular weight excluding hydrogens is 201 g/mol. The Labute approximate surface area is 82.0 Å². The highest BCUT2D eigenvalue weighted by molar-refractivity contribution is 7.10. The maximum atomic E-state index is 5.73. The molecule has 0 saturated carbocycles. The lowest BCUT2D eigenvalue weighted by molar-refractivity contribution is -0.413. The highest BCUT2D eigenvalue weighted by Crippen LogP contribution is 2.19. The van der Waals surface area contributed by atoms with Gasteiger partial charge in [-0.25, -0.2) is 0 Å². The van der Waals surface area contributed by atoms with E-state index in [9.17, 15) is 0 Å². The molecule has 1 atom stereocenters. The van der Waals surface area contributed by atoms with Crippen molar-refractivity contribution in [2.75, 3.05) is 0 Å². The molecule has 1 nitrogen and oxygen atoms in total. The highest BCUT2D eigenvalue weighted by Gasteiger charge is 2.02. The SMILES string of the molecule is CC([NH3+])Cc1cc(Cl)cs1.[Cl-]. The van der Waals surface area contributed by atoms with E-state index < -0.39 is 0 Å². The average molecular weight is 212 g/mol. The zero-order chi connectivity index (χ0) is 7.56. The van der Waals surface area contributed by atoms with Crippen molar-refractivity contribution >= 4 is 22.9 Å². The van der Waals surface area contributed by atoms with E-state index in [-0.39, 0.29) is 12.4 Å². The fourth-order valence-corrected chi connectivity index (χ4v) is 2.04. The lowest BCUT2D eigenvalue weighted by atomic mass is 10.2. The maximum Gasteiger partial charge on any atom is 0.0863 e. The standard InChI is InChI=1S/C7H10ClNS.ClH/c1-5(9)2-7-3-6(8)4-10-7;/h3-5H,2,9H2,1H3;1H. The van der Waals surface area contributed by atoms with Crippen molar-refractivity contribution in [1.82, 2.24) is 0 Å². The third-order valence-corrected chi connectivity index (χ3v) is 2.48. The van der Waals surface area contributed by atoms with E-state index in [0.717, 1.165) is 11.4 Å². The number of halogens is 2. The van der Waals surface area contributed by atoms with E-state index in [1.165, 1.54) is 4.88 Å². The molecule has 0 radical (unpaired) electrons. The molecule has 1 aromatic heterocycles. The van der Waals surface area contributed by atoms with Crippen LogP contribution in [0.4, 0.5) is 0 Å². The van der Waals surface area contributed by atoms with Crippen LogP contribution in [0.2, 0.25) is 5.02 Å². The second-order valence-corrected chi connectivity index (χ2v) is 3.97. The van der Waals surface area contributed by atoms with Crippen LogP contribution in [-0.4, -0.2) is 6.04 Å². The molecule has 3 N–H and O–H groups in total. The van der Waals surface area contributed by atoms with Crippen LogP contribution in [0.25, 0.3) is 0 Å². The Kier molecular flexibility index (Phi) is 5.10. The minimum atomic E-state index is 0. The summed E-state index contributed by atoms with van der Waals surface area (Å²) < 4.78 is 0. The molecule has 1 heterocycles. The molecule has 4 heteroatoms. The minimum Gasteiger partial charge on any atom is -1.00 e. The minimum absolute atomic E-state index is 0. The first kappa shape index (κ1) is 11.2. The smallest absolute Gasteiger partial charge is 0.0863 e. The van der Waals surface area contributed by atoms with Gasteiger partial charge in [-0.15, -0.1) is 11.3 Å². The van der Waals surface area contributed by atoms with Crippen LogP contribution < -0.4 is 18.1 Å². The first-order valence-corrected chi connectivity index (χ1v) is 4.50. The summed E-state index contributed by atoms with van der Waals surface area (Å²) in [7, 11) is 0. The van der Waals surface area contributed by atoms with Crippen LogP contribution in [0.5, 0.6) is 0 Å². The molecule has 1 rings (SSSR count). The second-order valence-electron chi connectivity index (χ2n) is 2.54. The largest absolute Gasteiger partial charge is 1.00 e. The molecule has 11 heavy (non-hydrogen) atoms. The van der Waals surface area contributed by atoms with E-state index in [2.05, 4.69) is 12.7 Å². The van der Waals surface area contributed by atoms with E-state index in [1.807, 2.05) is 11.4 Å². The van der Waals surface area contributed by atoms with Crippen molar-refractivity contribution < 1.29 is 18.1 Å². The first-order valence-electron chi connectivity index (χ1n) is 3.24. The lowest BCUT2D eigenvalue weighted by Gasteiger charge is -1.95. The summed E-state index contributed by atoms with van der Waals surface area (Å²) in [6.45, 7) is 2.10. The van der Waals surface area contributed by atoms with Crippen LogP contribution >= 0.6 is 22.9 Å². The molecule has 0 spiro atoms. The van der Waals surface area contributed by atoms with Crippen LogP contribution in [0, 0.1) is 0 Å². The number of hydrogen-bond donors (Lipinski definition) is 1. The average Bonchev–Trinajstić information content (AvgIpc) is 2.13. The predicted molar refractivity (Wildman–Crippen MR) is 45.4 cm³/mol. The maximum absolute atomic E-state index is 5.73. The molecule has 64 valence electrons. The Balaban J connectivity index is 0.000001000. The van der Waals surface area contributed by atoms with Crippen molar-refractivity contribution in [3.05, 3.63) is 21.3 Å². The topological polar surface area (TPSA) is 27.6 Å². The van der Waals surface area contributed by atoms with Gasteiger partial charge in [-0.1, -0.05) is 11.6 Å². The molecule has 1 aromatic rings. The first-order chi connectivity index (χ1) is 4.68. The van der Waals surface area contributed by atoms with Crippen LogP contribution in [0.15, 0.2) is 11.4 Å².